The summed E-state index contributed by atoms with van der Waals surface area (Å²) in [5.41, 5.74) is 0.770. The van der Waals surface area contributed by atoms with Crippen LogP contribution in [-0.4, -0.2) is 22.2 Å². The van der Waals surface area contributed by atoms with E-state index in [1.54, 1.807) is 0 Å². The van der Waals surface area contributed by atoms with Gasteiger partial charge < -0.3 is 15.0 Å². The number of nitrogens with zero attached hydrogens (tertiary/aromatic N) is 1. The second-order valence-electron chi connectivity index (χ2n) is 3.87. The minimum Gasteiger partial charge on any atom is -0.385 e. The van der Waals surface area contributed by atoms with Gasteiger partial charge in [0, 0.05) is 18.9 Å². The maximum atomic E-state index is 11.5. The van der Waals surface area contributed by atoms with Crippen molar-refractivity contribution >= 4 is 22.4 Å². The fraction of sp³-hybridized carbons (Fsp3) is 0.250. The van der Waals surface area contributed by atoms with Gasteiger partial charge in [0.05, 0.1) is 11.5 Å². The predicted octanol–water partition coefficient (Wildman–Crippen LogP) is 1.94. The molecule has 0 aliphatic carbocycles. The number of amides is 2. The van der Waals surface area contributed by atoms with Crippen molar-refractivity contribution in [3.8, 4) is 0 Å². The zero-order valence-corrected chi connectivity index (χ0v) is 10.8. The minimum absolute atomic E-state index is 0.176. The predicted molar refractivity (Wildman–Crippen MR) is 71.7 cm³/mol. The number of hydrogen-bond donors (Lipinski definition) is 3. The van der Waals surface area contributed by atoms with Crippen LogP contribution in [0.1, 0.15) is 11.8 Å². The summed E-state index contributed by atoms with van der Waals surface area (Å²) in [6, 6.07) is 7.04. The number of rotatable bonds is 4. The summed E-state index contributed by atoms with van der Waals surface area (Å²) in [6.45, 7) is 0.176. The van der Waals surface area contributed by atoms with E-state index in [2.05, 4.69) is 10.6 Å². The third-order valence-electron chi connectivity index (χ3n) is 2.54. The van der Waals surface area contributed by atoms with Crippen LogP contribution in [0.5, 0.6) is 0 Å². The molecule has 0 radical (unpaired) electrons. The normalized spacial score (nSPS) is 12.1. The van der Waals surface area contributed by atoms with Gasteiger partial charge in [-0.2, -0.15) is 0 Å². The van der Waals surface area contributed by atoms with Crippen LogP contribution in [-0.2, 0) is 7.05 Å². The molecule has 0 spiro atoms. The average Bonchev–Trinajstić information content (AvgIpc) is 2.97. The van der Waals surface area contributed by atoms with E-state index in [-0.39, 0.29) is 12.6 Å². The molecule has 5 nitrogen and oxygen atoms in total. The molecule has 6 heteroatoms. The number of nitrogens with one attached hydrogen (secondary N) is 2. The van der Waals surface area contributed by atoms with E-state index in [1.165, 1.54) is 11.3 Å². The molecular weight excluding hydrogens is 250 g/mol. The maximum Gasteiger partial charge on any atom is 0.319 e. The largest absolute Gasteiger partial charge is 0.385 e. The third kappa shape index (κ3) is 3.12. The molecule has 0 aromatic carbocycles. The summed E-state index contributed by atoms with van der Waals surface area (Å²) in [5.74, 6) is 0. The fourth-order valence-electron chi connectivity index (χ4n) is 1.62. The van der Waals surface area contributed by atoms with Crippen LogP contribution in [0.4, 0.5) is 9.80 Å². The Morgan fingerprint density at radius 1 is 1.50 bits per heavy atom. The Morgan fingerprint density at radius 2 is 2.33 bits per heavy atom. The van der Waals surface area contributed by atoms with Gasteiger partial charge in [0.1, 0.15) is 6.10 Å². The number of hydrogen-bond acceptors (Lipinski definition) is 3. The Morgan fingerprint density at radius 3 is 2.94 bits per heavy atom. The molecule has 3 N–H and O–H groups in total. The number of aliphatic hydroxyl groups is 1. The Labute approximate surface area is 109 Å². The molecule has 2 aromatic heterocycles. The first-order valence-electron chi connectivity index (χ1n) is 5.54. The number of urea groups is 1. The molecule has 0 fully saturated rings. The quantitative estimate of drug-likeness (QED) is 0.791. The lowest BCUT2D eigenvalue weighted by molar-refractivity contribution is 0.167. The van der Waals surface area contributed by atoms with Gasteiger partial charge >= 0.3 is 6.03 Å². The van der Waals surface area contributed by atoms with Crippen molar-refractivity contribution in [2.75, 3.05) is 11.9 Å². The van der Waals surface area contributed by atoms with E-state index in [1.807, 2.05) is 47.5 Å². The van der Waals surface area contributed by atoms with Crippen LogP contribution >= 0.6 is 11.3 Å². The van der Waals surface area contributed by atoms with Crippen molar-refractivity contribution in [2.45, 2.75) is 6.10 Å². The number of anilines is 1. The second kappa shape index (κ2) is 5.70. The molecule has 0 bridgehead atoms. The van der Waals surface area contributed by atoms with Gasteiger partial charge in [-0.25, -0.2) is 4.79 Å². The highest BCUT2D eigenvalue weighted by atomic mass is 32.1. The van der Waals surface area contributed by atoms with Crippen LogP contribution in [0.3, 0.4) is 0 Å². The van der Waals surface area contributed by atoms with Crippen molar-refractivity contribution in [2.24, 2.45) is 7.05 Å². The summed E-state index contributed by atoms with van der Waals surface area (Å²) >= 11 is 1.45. The smallest absolute Gasteiger partial charge is 0.319 e. The first-order valence-corrected chi connectivity index (χ1v) is 6.42. The van der Waals surface area contributed by atoms with Crippen LogP contribution in [0, 0.1) is 0 Å². The zero-order valence-electron chi connectivity index (χ0n) is 9.96. The Kier molecular flexibility index (Phi) is 4.01. The van der Waals surface area contributed by atoms with E-state index < -0.39 is 6.10 Å². The molecule has 1 atom stereocenters. The van der Waals surface area contributed by atoms with Gasteiger partial charge in [0.2, 0.25) is 0 Å². The molecule has 0 aliphatic rings. The molecule has 2 aromatic rings. The van der Waals surface area contributed by atoms with Crippen molar-refractivity contribution in [3.05, 3.63) is 41.5 Å². The molecular formula is C12H15N3O2S. The van der Waals surface area contributed by atoms with Crippen molar-refractivity contribution in [3.63, 3.8) is 0 Å². The third-order valence-corrected chi connectivity index (χ3v) is 3.32. The standard InChI is InChI=1S/C12H15N3O2S/c1-15-6-2-4-9(15)10(16)8-13-12(17)14-11-5-3-7-18-11/h2-7,10,16H,8H2,1H3,(H2,13,14,17)/t10-/m0/s1. The molecule has 0 saturated heterocycles. The Bertz CT molecular complexity index is 507. The molecule has 96 valence electrons. The summed E-state index contributed by atoms with van der Waals surface area (Å²) in [6.07, 6.45) is 1.14. The fourth-order valence-corrected chi connectivity index (χ4v) is 2.23. The Balaban J connectivity index is 1.81. The van der Waals surface area contributed by atoms with E-state index in [0.29, 0.717) is 0 Å². The lowest BCUT2D eigenvalue weighted by Crippen LogP contribution is -2.32. The maximum absolute atomic E-state index is 11.5. The average molecular weight is 265 g/mol. The SMILES string of the molecule is Cn1cccc1[C@@H](O)CNC(=O)Nc1cccs1. The molecule has 0 saturated carbocycles. The van der Waals surface area contributed by atoms with Gasteiger partial charge in [-0.3, -0.25) is 5.32 Å². The monoisotopic (exact) mass is 265 g/mol. The first-order chi connectivity index (χ1) is 8.66. The topological polar surface area (TPSA) is 66.3 Å². The highest BCUT2D eigenvalue weighted by Crippen LogP contribution is 2.15. The van der Waals surface area contributed by atoms with E-state index in [0.717, 1.165) is 10.7 Å². The highest BCUT2D eigenvalue weighted by Gasteiger charge is 2.11. The second-order valence-corrected chi connectivity index (χ2v) is 4.82. The van der Waals surface area contributed by atoms with E-state index in [9.17, 15) is 9.90 Å². The van der Waals surface area contributed by atoms with Crippen LogP contribution in [0.15, 0.2) is 35.8 Å². The highest BCUT2D eigenvalue weighted by molar-refractivity contribution is 7.14. The van der Waals surface area contributed by atoms with Crippen molar-refractivity contribution in [1.82, 2.24) is 9.88 Å². The number of carbonyl (C=O) groups is 1. The lowest BCUT2D eigenvalue weighted by atomic mass is 10.2. The summed E-state index contributed by atoms with van der Waals surface area (Å²) < 4.78 is 1.82. The number of aliphatic hydroxyl groups excluding tert-OH is 1. The molecule has 2 amide bonds. The molecule has 2 rings (SSSR count). The molecule has 0 aliphatic heterocycles. The number of carbonyl (C=O) groups excluding carboxylic acids is 1. The number of aryl methyl sites for hydroxylation is 1. The van der Waals surface area contributed by atoms with Gasteiger partial charge in [-0.1, -0.05) is 0 Å². The minimum atomic E-state index is -0.709. The summed E-state index contributed by atoms with van der Waals surface area (Å²) in [4.78, 5) is 11.5. The van der Waals surface area contributed by atoms with Gasteiger partial charge in [0.25, 0.3) is 0 Å². The van der Waals surface area contributed by atoms with E-state index in [4.69, 9.17) is 0 Å². The Hall–Kier alpha value is -1.79. The first kappa shape index (κ1) is 12.7. The molecule has 0 unspecified atom stereocenters. The van der Waals surface area contributed by atoms with Crippen LogP contribution in [0.25, 0.3) is 0 Å². The number of aromatic nitrogens is 1. The van der Waals surface area contributed by atoms with Gasteiger partial charge in [-0.05, 0) is 29.6 Å². The van der Waals surface area contributed by atoms with Crippen molar-refractivity contribution < 1.29 is 9.90 Å². The van der Waals surface area contributed by atoms with Gasteiger partial charge in [-0.15, -0.1) is 11.3 Å². The molecule has 2 heterocycles. The van der Waals surface area contributed by atoms with E-state index >= 15 is 0 Å². The van der Waals surface area contributed by atoms with Crippen LogP contribution in [0.2, 0.25) is 0 Å². The van der Waals surface area contributed by atoms with Gasteiger partial charge in [0.15, 0.2) is 0 Å². The number of thiophene rings is 1. The van der Waals surface area contributed by atoms with Crippen LogP contribution < -0.4 is 10.6 Å². The lowest BCUT2D eigenvalue weighted by Gasteiger charge is -2.13. The zero-order chi connectivity index (χ0) is 13.0. The summed E-state index contributed by atoms with van der Waals surface area (Å²) in [5, 5.41) is 17.9. The molecule has 18 heavy (non-hydrogen) atoms. The van der Waals surface area contributed by atoms with Crippen molar-refractivity contribution in [1.29, 1.82) is 0 Å². The summed E-state index contributed by atoms with van der Waals surface area (Å²) in [7, 11) is 1.85.